The first-order valence-corrected chi connectivity index (χ1v) is 28.3. The molecule has 0 radical (unpaired) electrons. The molecule has 0 aliphatic rings. The summed E-state index contributed by atoms with van der Waals surface area (Å²) in [6.07, 6.45) is 1.42. The highest BCUT2D eigenvalue weighted by Crippen LogP contribution is 2.08. The number of esters is 2. The van der Waals surface area contributed by atoms with Crippen LogP contribution in [0, 0.1) is 0 Å². The number of alkyl halides is 1. The predicted molar refractivity (Wildman–Crippen MR) is 293 cm³/mol. The normalized spacial score (nSPS) is 13.6. The number of aliphatic carboxylic acids is 1. The average Bonchev–Trinajstić information content (AvgIpc) is 3.47. The Morgan fingerprint density at radius 3 is 1.26 bits per heavy atom. The van der Waals surface area contributed by atoms with Crippen LogP contribution in [-0.2, 0) is 85.7 Å². The van der Waals surface area contributed by atoms with Crippen LogP contribution in [0.4, 0.5) is 0 Å². The number of methoxy groups -OCH3 is 3. The van der Waals surface area contributed by atoms with Crippen molar-refractivity contribution in [3.63, 3.8) is 0 Å². The summed E-state index contributed by atoms with van der Waals surface area (Å²) in [5, 5.41) is 68.6. The molecule has 0 aromatic heterocycles. The Morgan fingerprint density at radius 2 is 0.912 bits per heavy atom. The van der Waals surface area contributed by atoms with Crippen LogP contribution < -0.4 is 10.6 Å². The van der Waals surface area contributed by atoms with Gasteiger partial charge < -0.3 is 103 Å². The number of nitrogens with zero attached hydrogens (tertiary/aromatic N) is 1. The van der Waals surface area contributed by atoms with Crippen molar-refractivity contribution in [2.45, 2.75) is 155 Å². The monoisotopic (exact) mass is 1240 g/mol. The largest absolute Gasteiger partial charge is 0.481 e. The van der Waals surface area contributed by atoms with Gasteiger partial charge in [0.15, 0.2) is 25.2 Å². The number of carbonyl (C=O) groups excluding carboxylic acids is 4. The zero-order valence-corrected chi connectivity index (χ0v) is 50.4. The van der Waals surface area contributed by atoms with Gasteiger partial charge in [0.1, 0.15) is 19.9 Å². The summed E-state index contributed by atoms with van der Waals surface area (Å²) >= 11 is 3.08. The van der Waals surface area contributed by atoms with Crippen LogP contribution >= 0.6 is 15.9 Å². The number of rotatable bonds is 51. The van der Waals surface area contributed by atoms with Crippen LogP contribution in [0.5, 0.6) is 0 Å². The van der Waals surface area contributed by atoms with Crippen LogP contribution in [0.15, 0.2) is 0 Å². The smallest absolute Gasteiger partial charge is 0.305 e. The number of aliphatic hydroxyl groups is 6. The number of ether oxygens (including phenoxy) is 12. The molecule has 7 unspecified atom stereocenters. The van der Waals surface area contributed by atoms with E-state index in [1.165, 1.54) is 26.4 Å². The van der Waals surface area contributed by atoms with Gasteiger partial charge in [0.2, 0.25) is 11.8 Å². The molecule has 9 N–H and O–H groups in total. The van der Waals surface area contributed by atoms with Crippen molar-refractivity contribution in [3.8, 4) is 0 Å². The fourth-order valence-corrected chi connectivity index (χ4v) is 5.61. The molecular weight excluding hydrogens is 1130 g/mol. The fourth-order valence-electron chi connectivity index (χ4n) is 5.41. The SMILES string of the molecule is CCC(CO)OC(COC(=O)CCCC(=O)NCCCOCCOCCOCCCNC(=O)CBr)OC.CCC(CO)OC(COC(=O)CCCC(=O)O)OC.CCCOC(CO)OC(CC)CO.CCN(CO)OC(CO)OC. The number of hydroxylamine groups is 2. The lowest BCUT2D eigenvalue weighted by atomic mass is 10.2. The van der Waals surface area contributed by atoms with Gasteiger partial charge in [0.25, 0.3) is 0 Å². The molecule has 0 aliphatic heterocycles. The summed E-state index contributed by atoms with van der Waals surface area (Å²) in [5.41, 5.74) is 0. The Kier molecular flexibility index (Phi) is 66.5. The van der Waals surface area contributed by atoms with Gasteiger partial charge in [-0.05, 0) is 58.3 Å². The second-order valence-corrected chi connectivity index (χ2v) is 17.2. The Morgan fingerprint density at radius 1 is 0.500 bits per heavy atom. The third kappa shape index (κ3) is 56.9. The standard InChI is InChI=1S/C24H45BrN2O10.C12H22O7.C9H20O4.C6H15NO4/c1-3-20(18-28)37-24(32-2)19-36-23(31)8-4-7-21(29)26-9-5-11-33-13-15-35-16-14-34-12-6-10-27-22(30)17-25;1-3-9(7-13)19-12(17-2)8-18-11(16)6-4-5-10(14)15;1-3-5-12-9(7-11)13-8(4-2)6-10;1-3-7(5-9)11-6(4-8)10-2/h20,24,28H,3-19H2,1-2H3,(H,26,29)(H,27,30);9,12-13H,3-8H2,1-2H3,(H,14,15);8-11H,3-7H2,1-2H3;6,8-9H,3-5H2,1-2H3. The van der Waals surface area contributed by atoms with Crippen LogP contribution in [0.1, 0.15) is 112 Å². The Labute approximate surface area is 482 Å². The molecule has 0 fully saturated rings. The molecule has 0 aliphatic carbocycles. The van der Waals surface area contributed by atoms with Gasteiger partial charge in [-0.25, -0.2) is 0 Å². The van der Waals surface area contributed by atoms with E-state index in [9.17, 15) is 24.0 Å². The Bertz CT molecular complexity index is 1370. The minimum atomic E-state index is -0.945. The first-order valence-electron chi connectivity index (χ1n) is 27.1. The topological polar surface area (TPSA) is 374 Å². The first kappa shape index (κ1) is 83.6. The second-order valence-electron chi connectivity index (χ2n) is 16.6. The molecule has 0 aromatic rings. The highest BCUT2D eigenvalue weighted by Gasteiger charge is 2.19. The zero-order valence-electron chi connectivity index (χ0n) is 48.8. The third-order valence-electron chi connectivity index (χ3n) is 10.1. The third-order valence-corrected chi connectivity index (χ3v) is 10.6. The van der Waals surface area contributed by atoms with Crippen molar-refractivity contribution in [3.05, 3.63) is 0 Å². The molecule has 0 rings (SSSR count). The van der Waals surface area contributed by atoms with E-state index in [2.05, 4.69) is 26.6 Å². The van der Waals surface area contributed by atoms with Crippen molar-refractivity contribution in [1.29, 1.82) is 0 Å². The average molecular weight is 1240 g/mol. The van der Waals surface area contributed by atoms with Gasteiger partial charge >= 0.3 is 17.9 Å². The molecule has 7 atom stereocenters. The zero-order chi connectivity index (χ0) is 61.0. The van der Waals surface area contributed by atoms with Gasteiger partial charge in [0, 0.05) is 86.5 Å². The summed E-state index contributed by atoms with van der Waals surface area (Å²) in [6.45, 7) is 13.5. The van der Waals surface area contributed by atoms with Gasteiger partial charge in [-0.1, -0.05) is 43.6 Å². The highest BCUT2D eigenvalue weighted by atomic mass is 79.9. The van der Waals surface area contributed by atoms with Crippen molar-refractivity contribution in [2.24, 2.45) is 0 Å². The van der Waals surface area contributed by atoms with E-state index < -0.39 is 43.1 Å². The molecule has 0 heterocycles. The van der Waals surface area contributed by atoms with E-state index in [1.54, 1.807) is 0 Å². The number of amides is 2. The number of halogens is 1. The van der Waals surface area contributed by atoms with Crippen LogP contribution in [0.3, 0.4) is 0 Å². The summed E-state index contributed by atoms with van der Waals surface area (Å²) in [7, 11) is 4.27. The fraction of sp³-hybridized carbons (Fsp3) is 0.902. The molecule has 29 heteroatoms. The molecule has 2 amide bonds. The predicted octanol–water partition coefficient (Wildman–Crippen LogP) is 1.14. The molecule has 0 spiro atoms. The summed E-state index contributed by atoms with van der Waals surface area (Å²) < 4.78 is 62.4. The number of carbonyl (C=O) groups is 5. The number of carboxylic acids is 1. The number of aliphatic hydroxyl groups excluding tert-OH is 6. The molecule has 28 nitrogen and oxygen atoms in total. The number of hydrogen-bond acceptors (Lipinski definition) is 25. The Hall–Kier alpha value is -2.89. The number of nitrogens with one attached hydrogen (secondary N) is 2. The number of hydrogen-bond donors (Lipinski definition) is 9. The van der Waals surface area contributed by atoms with Gasteiger partial charge in [-0.2, -0.15) is 5.06 Å². The van der Waals surface area contributed by atoms with E-state index in [0.717, 1.165) is 12.8 Å². The molecule has 0 saturated carbocycles. The molecular formula is C51H102BrN3O25. The van der Waals surface area contributed by atoms with E-state index in [1.807, 2.05) is 34.6 Å². The maximum absolute atomic E-state index is 11.9. The van der Waals surface area contributed by atoms with Gasteiger partial charge in [-0.15, -0.1) is 0 Å². The summed E-state index contributed by atoms with van der Waals surface area (Å²) in [4.78, 5) is 61.2. The maximum atomic E-state index is 11.9. The lowest BCUT2D eigenvalue weighted by molar-refractivity contribution is -0.298. The van der Waals surface area contributed by atoms with Crippen LogP contribution in [0.2, 0.25) is 0 Å². The van der Waals surface area contributed by atoms with Crippen LogP contribution in [-0.4, -0.2) is 260 Å². The molecule has 80 heavy (non-hydrogen) atoms. The minimum absolute atomic E-state index is 0.0364. The van der Waals surface area contributed by atoms with E-state index in [-0.39, 0.29) is 115 Å². The quantitative estimate of drug-likeness (QED) is 0.0136. The molecule has 0 aromatic carbocycles. The van der Waals surface area contributed by atoms with Crippen molar-refractivity contribution in [2.75, 3.05) is 146 Å². The van der Waals surface area contributed by atoms with Crippen molar-refractivity contribution in [1.82, 2.24) is 15.7 Å². The summed E-state index contributed by atoms with van der Waals surface area (Å²) in [5.74, 6) is -2.05. The van der Waals surface area contributed by atoms with E-state index in [0.29, 0.717) is 103 Å². The molecule has 0 bridgehead atoms. The van der Waals surface area contributed by atoms with Gasteiger partial charge in [-0.3, -0.25) is 28.8 Å². The lowest BCUT2D eigenvalue weighted by Crippen LogP contribution is -2.33. The molecule has 0 saturated heterocycles. The van der Waals surface area contributed by atoms with Crippen molar-refractivity contribution < 1.29 is 121 Å². The first-order chi connectivity index (χ1) is 38.5. The maximum Gasteiger partial charge on any atom is 0.305 e. The lowest BCUT2D eigenvalue weighted by Gasteiger charge is -2.21. The van der Waals surface area contributed by atoms with E-state index >= 15 is 0 Å². The molecule has 478 valence electrons. The Balaban J connectivity index is -0.000000553. The second kappa shape index (κ2) is 63.7. The van der Waals surface area contributed by atoms with E-state index in [4.69, 9.17) is 97.4 Å². The summed E-state index contributed by atoms with van der Waals surface area (Å²) in [6, 6.07) is 0. The number of carboxylic acid groups (broad SMARTS) is 1. The van der Waals surface area contributed by atoms with Crippen LogP contribution in [0.25, 0.3) is 0 Å². The highest BCUT2D eigenvalue weighted by molar-refractivity contribution is 9.09. The minimum Gasteiger partial charge on any atom is -0.481 e. The van der Waals surface area contributed by atoms with Crippen molar-refractivity contribution >= 4 is 45.7 Å². The van der Waals surface area contributed by atoms with Gasteiger partial charge in [0.05, 0.1) is 83.1 Å².